The summed E-state index contributed by atoms with van der Waals surface area (Å²) in [7, 11) is 0. The number of fused-ring (bicyclic) bond motifs is 1. The second-order valence-electron chi connectivity index (χ2n) is 5.08. The number of nitrogens with zero attached hydrogens (tertiary/aromatic N) is 3. The van der Waals surface area contributed by atoms with Gasteiger partial charge in [-0.2, -0.15) is 5.10 Å². The van der Waals surface area contributed by atoms with Gasteiger partial charge in [0.1, 0.15) is 0 Å². The molecule has 3 N–H and O–H groups in total. The van der Waals surface area contributed by atoms with Crippen LogP contribution in [0, 0.1) is 0 Å². The number of aromatic amines is 1. The van der Waals surface area contributed by atoms with E-state index in [0.29, 0.717) is 0 Å². The van der Waals surface area contributed by atoms with Crippen molar-refractivity contribution in [3.63, 3.8) is 0 Å². The summed E-state index contributed by atoms with van der Waals surface area (Å²) in [5, 5.41) is 7.93. The Morgan fingerprint density at radius 2 is 1.68 bits per heavy atom. The van der Waals surface area contributed by atoms with Gasteiger partial charge in [-0.25, -0.2) is 4.98 Å². The average molecular weight is 287 g/mol. The third-order valence-electron chi connectivity index (χ3n) is 3.65. The second kappa shape index (κ2) is 4.96. The molecule has 0 bridgehead atoms. The van der Waals surface area contributed by atoms with Gasteiger partial charge in [0.25, 0.3) is 0 Å². The zero-order chi connectivity index (χ0) is 14.9. The SMILES string of the molecule is Nc1ccc(-c2cncc(-c3ccnc4[nH]ncc34)c2)cc1. The van der Waals surface area contributed by atoms with E-state index in [2.05, 4.69) is 26.2 Å². The minimum atomic E-state index is 0.752. The van der Waals surface area contributed by atoms with Gasteiger partial charge in [-0.15, -0.1) is 0 Å². The molecule has 5 nitrogen and oxygen atoms in total. The van der Waals surface area contributed by atoms with Gasteiger partial charge in [-0.05, 0) is 35.4 Å². The lowest BCUT2D eigenvalue weighted by molar-refractivity contribution is 1.10. The Morgan fingerprint density at radius 3 is 2.55 bits per heavy atom. The molecule has 1 aromatic carbocycles. The first-order valence-electron chi connectivity index (χ1n) is 6.91. The van der Waals surface area contributed by atoms with E-state index in [4.69, 9.17) is 5.73 Å². The average Bonchev–Trinajstić information content (AvgIpc) is 3.04. The molecular formula is C17H13N5. The molecule has 0 spiro atoms. The van der Waals surface area contributed by atoms with E-state index in [9.17, 15) is 0 Å². The number of nitrogen functional groups attached to an aromatic ring is 1. The normalized spacial score (nSPS) is 10.9. The van der Waals surface area contributed by atoms with E-state index in [1.807, 2.05) is 42.7 Å². The van der Waals surface area contributed by atoms with Crippen molar-refractivity contribution in [3.8, 4) is 22.3 Å². The number of nitrogens with one attached hydrogen (secondary N) is 1. The van der Waals surface area contributed by atoms with Crippen LogP contribution in [0.4, 0.5) is 5.69 Å². The molecule has 4 aromatic rings. The Kier molecular flexibility index (Phi) is 2.83. The Morgan fingerprint density at radius 1 is 0.864 bits per heavy atom. The molecule has 0 atom stereocenters. The topological polar surface area (TPSA) is 80.5 Å². The molecule has 5 heteroatoms. The fraction of sp³-hybridized carbons (Fsp3) is 0. The largest absolute Gasteiger partial charge is 0.399 e. The number of benzene rings is 1. The first-order valence-corrected chi connectivity index (χ1v) is 6.91. The van der Waals surface area contributed by atoms with Crippen LogP contribution in [0.2, 0.25) is 0 Å². The van der Waals surface area contributed by atoms with Gasteiger partial charge < -0.3 is 5.73 Å². The van der Waals surface area contributed by atoms with Crippen LogP contribution in [0.15, 0.2) is 61.2 Å². The van der Waals surface area contributed by atoms with Crippen molar-refractivity contribution in [1.29, 1.82) is 0 Å². The fourth-order valence-corrected chi connectivity index (χ4v) is 2.52. The predicted molar refractivity (Wildman–Crippen MR) is 87.0 cm³/mol. The molecule has 0 saturated carbocycles. The molecule has 106 valence electrons. The Bertz CT molecular complexity index is 941. The number of nitrogens with two attached hydrogens (primary N) is 1. The number of hydrogen-bond acceptors (Lipinski definition) is 4. The molecule has 0 saturated heterocycles. The summed E-state index contributed by atoms with van der Waals surface area (Å²) in [6.45, 7) is 0. The molecule has 3 heterocycles. The second-order valence-corrected chi connectivity index (χ2v) is 5.08. The van der Waals surface area contributed by atoms with E-state index in [1.54, 1.807) is 12.4 Å². The van der Waals surface area contributed by atoms with Gasteiger partial charge in [0.05, 0.1) is 6.20 Å². The Balaban J connectivity index is 1.85. The van der Waals surface area contributed by atoms with Crippen molar-refractivity contribution >= 4 is 16.7 Å². The van der Waals surface area contributed by atoms with Crippen molar-refractivity contribution < 1.29 is 0 Å². The molecule has 0 amide bonds. The zero-order valence-electron chi connectivity index (χ0n) is 11.7. The molecule has 4 rings (SSSR count). The van der Waals surface area contributed by atoms with E-state index in [-0.39, 0.29) is 0 Å². The van der Waals surface area contributed by atoms with Crippen LogP contribution in [0.1, 0.15) is 0 Å². The maximum atomic E-state index is 5.74. The van der Waals surface area contributed by atoms with Crippen LogP contribution in [-0.4, -0.2) is 20.2 Å². The molecule has 0 unspecified atom stereocenters. The minimum absolute atomic E-state index is 0.752. The summed E-state index contributed by atoms with van der Waals surface area (Å²) in [5.41, 5.74) is 11.5. The van der Waals surface area contributed by atoms with Gasteiger partial charge >= 0.3 is 0 Å². The van der Waals surface area contributed by atoms with Crippen LogP contribution < -0.4 is 5.73 Å². The van der Waals surface area contributed by atoms with Crippen LogP contribution in [0.5, 0.6) is 0 Å². The number of anilines is 1. The molecule has 0 aliphatic carbocycles. The smallest absolute Gasteiger partial charge is 0.155 e. The number of hydrogen-bond donors (Lipinski definition) is 2. The number of aromatic nitrogens is 4. The lowest BCUT2D eigenvalue weighted by Gasteiger charge is -2.06. The van der Waals surface area contributed by atoms with Gasteiger partial charge in [0.2, 0.25) is 0 Å². The first-order chi connectivity index (χ1) is 10.8. The summed E-state index contributed by atoms with van der Waals surface area (Å²) in [6, 6.07) is 11.9. The van der Waals surface area contributed by atoms with Gasteiger partial charge in [0.15, 0.2) is 5.65 Å². The van der Waals surface area contributed by atoms with Crippen LogP contribution in [-0.2, 0) is 0 Å². The highest BCUT2D eigenvalue weighted by atomic mass is 15.1. The van der Waals surface area contributed by atoms with Crippen LogP contribution >= 0.6 is 0 Å². The van der Waals surface area contributed by atoms with Crippen molar-refractivity contribution in [2.45, 2.75) is 0 Å². The van der Waals surface area contributed by atoms with Crippen molar-refractivity contribution in [2.75, 3.05) is 5.73 Å². The number of H-pyrrole nitrogens is 1. The molecule has 22 heavy (non-hydrogen) atoms. The van der Waals surface area contributed by atoms with Gasteiger partial charge in [-0.3, -0.25) is 10.1 Å². The fourth-order valence-electron chi connectivity index (χ4n) is 2.52. The van der Waals surface area contributed by atoms with E-state index >= 15 is 0 Å². The highest BCUT2D eigenvalue weighted by molar-refractivity contribution is 5.92. The van der Waals surface area contributed by atoms with E-state index < -0.39 is 0 Å². The standard InChI is InChI=1S/C17H13N5/c18-14-3-1-11(2-4-14)12-7-13(9-19-8-12)15-5-6-20-17-16(15)10-21-22-17/h1-10H,18H2,(H,20,21,22). The highest BCUT2D eigenvalue weighted by Gasteiger charge is 2.08. The third-order valence-corrected chi connectivity index (χ3v) is 3.65. The molecule has 0 fully saturated rings. The van der Waals surface area contributed by atoms with Crippen molar-refractivity contribution in [1.82, 2.24) is 20.2 Å². The summed E-state index contributed by atoms with van der Waals surface area (Å²) in [5.74, 6) is 0. The van der Waals surface area contributed by atoms with Crippen LogP contribution in [0.3, 0.4) is 0 Å². The Hall–Kier alpha value is -3.21. The molecular weight excluding hydrogens is 274 g/mol. The summed E-state index contributed by atoms with van der Waals surface area (Å²) < 4.78 is 0. The monoisotopic (exact) mass is 287 g/mol. The molecule has 0 aliphatic heterocycles. The number of rotatable bonds is 2. The zero-order valence-corrected chi connectivity index (χ0v) is 11.7. The van der Waals surface area contributed by atoms with Crippen LogP contribution in [0.25, 0.3) is 33.3 Å². The summed E-state index contributed by atoms with van der Waals surface area (Å²) in [4.78, 5) is 8.63. The van der Waals surface area contributed by atoms with E-state index in [0.717, 1.165) is 39.0 Å². The van der Waals surface area contributed by atoms with E-state index in [1.165, 1.54) is 0 Å². The number of pyridine rings is 2. The lowest BCUT2D eigenvalue weighted by atomic mass is 10.0. The van der Waals surface area contributed by atoms with Crippen molar-refractivity contribution in [3.05, 3.63) is 61.2 Å². The lowest BCUT2D eigenvalue weighted by Crippen LogP contribution is -1.87. The quantitative estimate of drug-likeness (QED) is 0.554. The third kappa shape index (κ3) is 2.09. The molecule has 3 aromatic heterocycles. The Labute approximate surface area is 126 Å². The van der Waals surface area contributed by atoms with Gasteiger partial charge in [-0.1, -0.05) is 12.1 Å². The summed E-state index contributed by atoms with van der Waals surface area (Å²) in [6.07, 6.45) is 7.25. The minimum Gasteiger partial charge on any atom is -0.399 e. The van der Waals surface area contributed by atoms with Gasteiger partial charge in [0, 0.05) is 40.8 Å². The maximum Gasteiger partial charge on any atom is 0.155 e. The predicted octanol–water partition coefficient (Wildman–Crippen LogP) is 3.27. The summed E-state index contributed by atoms with van der Waals surface area (Å²) >= 11 is 0. The van der Waals surface area contributed by atoms with Crippen molar-refractivity contribution in [2.24, 2.45) is 0 Å². The maximum absolute atomic E-state index is 5.74. The molecule has 0 aliphatic rings. The highest BCUT2D eigenvalue weighted by Crippen LogP contribution is 2.29. The first kappa shape index (κ1) is 12.5. The molecule has 0 radical (unpaired) electrons.